The Morgan fingerprint density at radius 2 is 2.17 bits per heavy atom. The number of rotatable bonds is 8. The molecule has 1 rings (SSSR count). The van der Waals surface area contributed by atoms with Crippen molar-refractivity contribution in [1.82, 2.24) is 10.3 Å². The molecule has 0 aliphatic carbocycles. The monoisotopic (exact) mass is 316 g/mol. The van der Waals surface area contributed by atoms with E-state index in [1.165, 1.54) is 0 Å². The van der Waals surface area contributed by atoms with Crippen molar-refractivity contribution in [3.8, 4) is 5.88 Å². The van der Waals surface area contributed by atoms with Crippen molar-refractivity contribution >= 4 is 15.9 Å². The van der Waals surface area contributed by atoms with Crippen LogP contribution in [-0.4, -0.2) is 30.8 Å². The third-order valence-corrected chi connectivity index (χ3v) is 2.66. The van der Waals surface area contributed by atoms with Gasteiger partial charge in [0.25, 0.3) is 0 Å². The lowest BCUT2D eigenvalue weighted by Gasteiger charge is -2.12. The van der Waals surface area contributed by atoms with E-state index in [9.17, 15) is 0 Å². The van der Waals surface area contributed by atoms with Gasteiger partial charge in [-0.1, -0.05) is 6.92 Å². The molecule has 4 nitrogen and oxygen atoms in total. The highest BCUT2D eigenvalue weighted by atomic mass is 79.9. The summed E-state index contributed by atoms with van der Waals surface area (Å²) >= 11 is 3.42. The van der Waals surface area contributed by atoms with Crippen LogP contribution < -0.4 is 10.1 Å². The molecule has 0 spiro atoms. The zero-order valence-electron chi connectivity index (χ0n) is 11.2. The number of pyridine rings is 1. The highest BCUT2D eigenvalue weighted by molar-refractivity contribution is 9.10. The molecule has 0 radical (unpaired) electrons. The van der Waals surface area contributed by atoms with E-state index >= 15 is 0 Å². The molecule has 1 heterocycles. The summed E-state index contributed by atoms with van der Waals surface area (Å²) in [7, 11) is 0. The van der Waals surface area contributed by atoms with Crippen molar-refractivity contribution in [2.45, 2.75) is 33.4 Å². The molecule has 0 amide bonds. The van der Waals surface area contributed by atoms with Crippen LogP contribution in [0.2, 0.25) is 0 Å². The molecule has 1 aromatic heterocycles. The van der Waals surface area contributed by atoms with E-state index in [0.717, 1.165) is 23.1 Å². The molecule has 0 bridgehead atoms. The molecule has 0 saturated carbocycles. The zero-order valence-corrected chi connectivity index (χ0v) is 12.8. The second kappa shape index (κ2) is 8.45. The Kier molecular flexibility index (Phi) is 7.23. The van der Waals surface area contributed by atoms with Crippen molar-refractivity contribution in [3.05, 3.63) is 22.3 Å². The molecule has 18 heavy (non-hydrogen) atoms. The normalized spacial score (nSPS) is 10.9. The fourth-order valence-electron chi connectivity index (χ4n) is 1.41. The van der Waals surface area contributed by atoms with Crippen LogP contribution in [0.3, 0.4) is 0 Å². The van der Waals surface area contributed by atoms with Gasteiger partial charge in [-0.2, -0.15) is 0 Å². The molecule has 0 aromatic carbocycles. The van der Waals surface area contributed by atoms with E-state index in [1.807, 2.05) is 19.9 Å². The Hall–Kier alpha value is -0.650. The van der Waals surface area contributed by atoms with Crippen LogP contribution in [0.5, 0.6) is 5.88 Å². The summed E-state index contributed by atoms with van der Waals surface area (Å²) in [5.74, 6) is 0.673. The molecule has 1 aromatic rings. The van der Waals surface area contributed by atoms with Crippen LogP contribution in [0.4, 0.5) is 0 Å². The van der Waals surface area contributed by atoms with Gasteiger partial charge in [0, 0.05) is 22.8 Å². The van der Waals surface area contributed by atoms with Crippen molar-refractivity contribution in [2.24, 2.45) is 0 Å². The molecule has 0 aliphatic heterocycles. The number of hydrogen-bond donors (Lipinski definition) is 1. The smallest absolute Gasteiger partial charge is 0.217 e. The number of nitrogens with zero attached hydrogens (tertiary/aromatic N) is 1. The number of hydrogen-bond acceptors (Lipinski definition) is 4. The average Bonchev–Trinajstić information content (AvgIpc) is 2.33. The van der Waals surface area contributed by atoms with E-state index in [1.54, 1.807) is 6.20 Å². The van der Waals surface area contributed by atoms with Crippen molar-refractivity contribution in [2.75, 3.05) is 19.8 Å². The highest BCUT2D eigenvalue weighted by Gasteiger charge is 2.06. The minimum atomic E-state index is 0.229. The second-order valence-electron chi connectivity index (χ2n) is 4.17. The van der Waals surface area contributed by atoms with Gasteiger partial charge in [-0.3, -0.25) is 0 Å². The first-order valence-electron chi connectivity index (χ1n) is 6.23. The second-order valence-corrected chi connectivity index (χ2v) is 5.08. The molecular weight excluding hydrogens is 296 g/mol. The lowest BCUT2D eigenvalue weighted by Crippen LogP contribution is -2.16. The SMILES string of the molecule is CCNCc1cc(Br)cnc1OCCOC(C)C. The largest absolute Gasteiger partial charge is 0.475 e. The van der Waals surface area contributed by atoms with Gasteiger partial charge in [-0.05, 0) is 42.4 Å². The van der Waals surface area contributed by atoms with E-state index in [0.29, 0.717) is 19.1 Å². The van der Waals surface area contributed by atoms with Gasteiger partial charge in [-0.15, -0.1) is 0 Å². The maximum absolute atomic E-state index is 5.64. The predicted octanol–water partition coefficient (Wildman–Crippen LogP) is 2.76. The van der Waals surface area contributed by atoms with Crippen molar-refractivity contribution in [1.29, 1.82) is 0 Å². The summed E-state index contributed by atoms with van der Waals surface area (Å²) in [4.78, 5) is 4.28. The quantitative estimate of drug-likeness (QED) is 0.749. The van der Waals surface area contributed by atoms with Crippen molar-refractivity contribution in [3.63, 3.8) is 0 Å². The van der Waals surface area contributed by atoms with Crippen LogP contribution in [0.1, 0.15) is 26.3 Å². The van der Waals surface area contributed by atoms with Gasteiger partial charge in [-0.25, -0.2) is 4.98 Å². The first-order valence-corrected chi connectivity index (χ1v) is 7.02. The topological polar surface area (TPSA) is 43.4 Å². The van der Waals surface area contributed by atoms with E-state index < -0.39 is 0 Å². The summed E-state index contributed by atoms with van der Waals surface area (Å²) in [5, 5.41) is 3.27. The van der Waals surface area contributed by atoms with Crippen LogP contribution in [0.25, 0.3) is 0 Å². The number of aromatic nitrogens is 1. The third-order valence-electron chi connectivity index (χ3n) is 2.23. The van der Waals surface area contributed by atoms with Crippen LogP contribution in [0, 0.1) is 0 Å². The Labute approximate surface area is 117 Å². The Bertz CT molecular complexity index is 359. The van der Waals surface area contributed by atoms with Crippen LogP contribution in [0.15, 0.2) is 16.7 Å². The first kappa shape index (κ1) is 15.4. The van der Waals surface area contributed by atoms with E-state index in [4.69, 9.17) is 9.47 Å². The number of ether oxygens (including phenoxy) is 2. The summed E-state index contributed by atoms with van der Waals surface area (Å²) in [6.45, 7) is 8.86. The molecule has 0 atom stereocenters. The maximum Gasteiger partial charge on any atom is 0.217 e. The maximum atomic E-state index is 5.64. The average molecular weight is 317 g/mol. The van der Waals surface area contributed by atoms with Crippen LogP contribution in [-0.2, 0) is 11.3 Å². The molecule has 0 aliphatic rings. The van der Waals surface area contributed by atoms with E-state index in [2.05, 4.69) is 33.2 Å². The molecular formula is C13H21BrN2O2. The van der Waals surface area contributed by atoms with E-state index in [-0.39, 0.29) is 6.10 Å². The summed E-state index contributed by atoms with van der Waals surface area (Å²) < 4.78 is 12.0. The minimum Gasteiger partial charge on any atom is -0.475 e. The van der Waals surface area contributed by atoms with Gasteiger partial charge in [0.1, 0.15) is 6.61 Å². The molecule has 0 saturated heterocycles. The van der Waals surface area contributed by atoms with Crippen molar-refractivity contribution < 1.29 is 9.47 Å². The standard InChI is InChI=1S/C13H21BrN2O2/c1-4-15-8-11-7-12(14)9-16-13(11)18-6-5-17-10(2)3/h7,9-10,15H,4-6,8H2,1-3H3. The van der Waals surface area contributed by atoms with Gasteiger partial charge < -0.3 is 14.8 Å². The Morgan fingerprint density at radius 1 is 1.39 bits per heavy atom. The predicted molar refractivity (Wildman–Crippen MR) is 75.9 cm³/mol. The fraction of sp³-hybridized carbons (Fsp3) is 0.615. The lowest BCUT2D eigenvalue weighted by atomic mass is 10.2. The van der Waals surface area contributed by atoms with Gasteiger partial charge >= 0.3 is 0 Å². The summed E-state index contributed by atoms with van der Waals surface area (Å²) in [5.41, 5.74) is 1.05. The number of nitrogens with one attached hydrogen (secondary N) is 1. The summed E-state index contributed by atoms with van der Waals surface area (Å²) in [6.07, 6.45) is 1.97. The molecule has 5 heteroatoms. The molecule has 1 N–H and O–H groups in total. The zero-order chi connectivity index (χ0) is 13.4. The fourth-order valence-corrected chi connectivity index (χ4v) is 1.79. The number of halogens is 1. The van der Waals surface area contributed by atoms with Gasteiger partial charge in [0.2, 0.25) is 5.88 Å². The van der Waals surface area contributed by atoms with Gasteiger partial charge in [0.05, 0.1) is 12.7 Å². The molecule has 0 unspecified atom stereocenters. The first-order chi connectivity index (χ1) is 8.63. The highest BCUT2D eigenvalue weighted by Crippen LogP contribution is 2.19. The molecule has 102 valence electrons. The Morgan fingerprint density at radius 3 is 2.83 bits per heavy atom. The summed E-state index contributed by atoms with van der Waals surface area (Å²) in [6, 6.07) is 2.02. The third kappa shape index (κ3) is 5.80. The van der Waals surface area contributed by atoms with Gasteiger partial charge in [0.15, 0.2) is 0 Å². The Balaban J connectivity index is 2.52. The van der Waals surface area contributed by atoms with Crippen LogP contribution >= 0.6 is 15.9 Å². The lowest BCUT2D eigenvalue weighted by molar-refractivity contribution is 0.0540. The molecule has 0 fully saturated rings. The minimum absolute atomic E-state index is 0.229.